The van der Waals surface area contributed by atoms with E-state index >= 15 is 0 Å². The Morgan fingerprint density at radius 2 is 1.55 bits per heavy atom. The van der Waals surface area contributed by atoms with Crippen LogP contribution in [0.4, 0.5) is 4.79 Å². The molecule has 2 heterocycles. The van der Waals surface area contributed by atoms with Crippen LogP contribution in [0, 0.1) is 5.92 Å². The van der Waals surface area contributed by atoms with Gasteiger partial charge in [-0.05, 0) is 32.3 Å². The van der Waals surface area contributed by atoms with Crippen LogP contribution >= 0.6 is 0 Å². The van der Waals surface area contributed by atoms with Crippen LogP contribution < -0.4 is 5.32 Å². The van der Waals surface area contributed by atoms with E-state index < -0.39 is 0 Å². The third kappa shape index (κ3) is 6.94. The van der Waals surface area contributed by atoms with Gasteiger partial charge >= 0.3 is 6.03 Å². The number of piperidine rings is 1. The van der Waals surface area contributed by atoms with Crippen LogP contribution in [0.2, 0.25) is 0 Å². The van der Waals surface area contributed by atoms with Crippen LogP contribution in [0.1, 0.15) is 32.3 Å². The number of amides is 3. The van der Waals surface area contributed by atoms with Crippen molar-refractivity contribution in [2.45, 2.75) is 33.2 Å². The highest BCUT2D eigenvalue weighted by Gasteiger charge is 2.28. The number of benzene rings is 1. The summed E-state index contributed by atoms with van der Waals surface area (Å²) in [6.45, 7) is 13.7. The molecule has 3 rings (SSSR count). The number of nitrogens with one attached hydrogen (secondary N) is 1. The Morgan fingerprint density at radius 1 is 0.935 bits per heavy atom. The molecular formula is C24H39N5O2. The summed E-state index contributed by atoms with van der Waals surface area (Å²) >= 11 is 0. The molecule has 31 heavy (non-hydrogen) atoms. The van der Waals surface area contributed by atoms with E-state index in [9.17, 15) is 9.59 Å². The average molecular weight is 430 g/mol. The minimum atomic E-state index is 0.0310. The quantitative estimate of drug-likeness (QED) is 0.688. The molecule has 7 heteroatoms. The Bertz CT molecular complexity index is 678. The predicted octanol–water partition coefficient (Wildman–Crippen LogP) is 2.09. The van der Waals surface area contributed by atoms with Gasteiger partial charge in [0.15, 0.2) is 0 Å². The molecule has 0 radical (unpaired) electrons. The normalized spacial score (nSPS) is 18.7. The van der Waals surface area contributed by atoms with Gasteiger partial charge in [0.25, 0.3) is 0 Å². The summed E-state index contributed by atoms with van der Waals surface area (Å²) in [7, 11) is 0. The van der Waals surface area contributed by atoms with Gasteiger partial charge in [-0.15, -0.1) is 0 Å². The molecule has 0 saturated carbocycles. The first kappa shape index (κ1) is 23.5. The van der Waals surface area contributed by atoms with E-state index in [-0.39, 0.29) is 17.9 Å². The third-order valence-electron chi connectivity index (χ3n) is 6.61. The van der Waals surface area contributed by atoms with E-state index in [0.29, 0.717) is 19.6 Å². The number of likely N-dealkylation sites (tertiary alicyclic amines) is 1. The lowest BCUT2D eigenvalue weighted by Crippen LogP contribution is -2.50. The van der Waals surface area contributed by atoms with Crippen LogP contribution in [-0.2, 0) is 11.3 Å². The second-order valence-electron chi connectivity index (χ2n) is 8.61. The summed E-state index contributed by atoms with van der Waals surface area (Å²) < 4.78 is 0. The molecule has 1 aromatic rings. The molecule has 2 saturated heterocycles. The Hall–Kier alpha value is -2.12. The third-order valence-corrected chi connectivity index (χ3v) is 6.61. The van der Waals surface area contributed by atoms with E-state index in [4.69, 9.17) is 0 Å². The van der Waals surface area contributed by atoms with E-state index in [1.165, 1.54) is 5.56 Å². The summed E-state index contributed by atoms with van der Waals surface area (Å²) in [4.78, 5) is 33.7. The predicted molar refractivity (Wildman–Crippen MR) is 124 cm³/mol. The topological polar surface area (TPSA) is 59.1 Å². The number of rotatable bonds is 8. The molecule has 2 aliphatic heterocycles. The first-order chi connectivity index (χ1) is 15.1. The van der Waals surface area contributed by atoms with E-state index in [0.717, 1.165) is 65.2 Å². The van der Waals surface area contributed by atoms with Gasteiger partial charge in [-0.3, -0.25) is 14.6 Å². The van der Waals surface area contributed by atoms with Crippen molar-refractivity contribution in [2.75, 3.05) is 65.4 Å². The minimum Gasteiger partial charge on any atom is -0.355 e. The molecule has 0 unspecified atom stereocenters. The SMILES string of the molecule is CCN(CC)C(=O)N1CCC(C(=O)NCCN2CCN(Cc3ccccc3)CC2)CC1. The first-order valence-corrected chi connectivity index (χ1v) is 11.9. The van der Waals surface area contributed by atoms with Gasteiger partial charge in [0, 0.05) is 77.9 Å². The number of carbonyl (C=O) groups excluding carboxylic acids is 2. The molecule has 1 N–H and O–H groups in total. The van der Waals surface area contributed by atoms with Crippen LogP contribution in [0.3, 0.4) is 0 Å². The number of piperazine rings is 1. The highest BCUT2D eigenvalue weighted by molar-refractivity contribution is 5.79. The molecule has 0 atom stereocenters. The zero-order valence-corrected chi connectivity index (χ0v) is 19.3. The van der Waals surface area contributed by atoms with Gasteiger partial charge in [0.05, 0.1) is 0 Å². The van der Waals surface area contributed by atoms with Crippen molar-refractivity contribution >= 4 is 11.9 Å². The summed E-state index contributed by atoms with van der Waals surface area (Å²) in [6, 6.07) is 10.7. The van der Waals surface area contributed by atoms with Crippen molar-refractivity contribution in [3.63, 3.8) is 0 Å². The summed E-state index contributed by atoms with van der Waals surface area (Å²) in [5, 5.41) is 3.13. The summed E-state index contributed by atoms with van der Waals surface area (Å²) in [6.07, 6.45) is 1.52. The fourth-order valence-electron chi connectivity index (χ4n) is 4.52. The van der Waals surface area contributed by atoms with Crippen LogP contribution in [-0.4, -0.2) is 97.0 Å². The fraction of sp³-hybridized carbons (Fsp3) is 0.667. The molecule has 1 aromatic carbocycles. The lowest BCUT2D eigenvalue weighted by molar-refractivity contribution is -0.126. The zero-order chi connectivity index (χ0) is 22.1. The van der Waals surface area contributed by atoms with Crippen molar-refractivity contribution in [3.05, 3.63) is 35.9 Å². The smallest absolute Gasteiger partial charge is 0.319 e. The van der Waals surface area contributed by atoms with Gasteiger partial charge < -0.3 is 15.1 Å². The van der Waals surface area contributed by atoms with E-state index in [1.54, 1.807) is 0 Å². The lowest BCUT2D eigenvalue weighted by Gasteiger charge is -2.35. The summed E-state index contributed by atoms with van der Waals surface area (Å²) in [5.74, 6) is 0.182. The number of nitrogens with zero attached hydrogens (tertiary/aromatic N) is 4. The highest BCUT2D eigenvalue weighted by atomic mass is 16.2. The molecule has 0 spiro atoms. The second-order valence-corrected chi connectivity index (χ2v) is 8.61. The Morgan fingerprint density at radius 3 is 2.16 bits per heavy atom. The summed E-state index contributed by atoms with van der Waals surface area (Å²) in [5.41, 5.74) is 1.37. The van der Waals surface area contributed by atoms with Crippen molar-refractivity contribution in [1.82, 2.24) is 24.9 Å². The first-order valence-electron chi connectivity index (χ1n) is 11.9. The standard InChI is InChI=1S/C24H39N5O2/c1-3-28(4-2)24(31)29-13-10-22(11-14-29)23(30)25-12-15-26-16-18-27(19-17-26)20-21-8-6-5-7-9-21/h5-9,22H,3-4,10-20H2,1-2H3,(H,25,30). The molecule has 2 aliphatic rings. The molecular weight excluding hydrogens is 390 g/mol. The Balaban J connectivity index is 1.29. The zero-order valence-electron chi connectivity index (χ0n) is 19.3. The van der Waals surface area contributed by atoms with Crippen LogP contribution in [0.15, 0.2) is 30.3 Å². The average Bonchev–Trinajstić information content (AvgIpc) is 2.81. The van der Waals surface area contributed by atoms with Gasteiger partial charge in [-0.2, -0.15) is 0 Å². The van der Waals surface area contributed by atoms with Gasteiger partial charge in [0.2, 0.25) is 5.91 Å². The van der Waals surface area contributed by atoms with Crippen molar-refractivity contribution in [2.24, 2.45) is 5.92 Å². The maximum absolute atomic E-state index is 12.6. The number of hydrogen-bond acceptors (Lipinski definition) is 4. The molecule has 0 aromatic heterocycles. The Labute approximate surface area is 187 Å². The fourth-order valence-corrected chi connectivity index (χ4v) is 4.52. The van der Waals surface area contributed by atoms with Crippen molar-refractivity contribution in [1.29, 1.82) is 0 Å². The number of urea groups is 1. The highest BCUT2D eigenvalue weighted by Crippen LogP contribution is 2.18. The monoisotopic (exact) mass is 429 g/mol. The molecule has 172 valence electrons. The number of hydrogen-bond donors (Lipinski definition) is 1. The van der Waals surface area contributed by atoms with Crippen molar-refractivity contribution < 1.29 is 9.59 Å². The minimum absolute atomic E-state index is 0.0310. The maximum Gasteiger partial charge on any atom is 0.319 e. The maximum atomic E-state index is 12.6. The second kappa shape index (κ2) is 12.1. The van der Waals surface area contributed by atoms with Crippen molar-refractivity contribution in [3.8, 4) is 0 Å². The van der Waals surface area contributed by atoms with Gasteiger partial charge in [-0.1, -0.05) is 30.3 Å². The molecule has 3 amide bonds. The van der Waals surface area contributed by atoms with E-state index in [2.05, 4.69) is 45.4 Å². The van der Waals surface area contributed by atoms with Gasteiger partial charge in [0.1, 0.15) is 0 Å². The lowest BCUT2D eigenvalue weighted by atomic mass is 9.96. The molecule has 7 nitrogen and oxygen atoms in total. The Kier molecular flexibility index (Phi) is 9.15. The molecule has 0 bridgehead atoms. The van der Waals surface area contributed by atoms with Gasteiger partial charge in [-0.25, -0.2) is 4.79 Å². The van der Waals surface area contributed by atoms with Crippen LogP contribution in [0.25, 0.3) is 0 Å². The largest absolute Gasteiger partial charge is 0.355 e. The van der Waals surface area contributed by atoms with E-state index in [1.807, 2.05) is 23.6 Å². The number of carbonyl (C=O) groups is 2. The van der Waals surface area contributed by atoms with Crippen LogP contribution in [0.5, 0.6) is 0 Å². The molecule has 2 fully saturated rings. The molecule has 0 aliphatic carbocycles.